The molecule has 2 N–H and O–H groups in total. The zero-order valence-electron chi connectivity index (χ0n) is 15.8. The SMILES string of the molecule is O=C(NC1CCC1)c1cc(NC(=O)[C@H]2[C@H](c3cc(Cl)c(Cl)c(Cl)c3)C2(Cl)Cl)ccc1Cl. The van der Waals surface area contributed by atoms with Crippen LogP contribution in [0.5, 0.6) is 0 Å². The fourth-order valence-electron chi connectivity index (χ4n) is 3.64. The zero-order chi connectivity index (χ0) is 22.5. The van der Waals surface area contributed by atoms with Crippen molar-refractivity contribution in [3.63, 3.8) is 0 Å². The van der Waals surface area contributed by atoms with E-state index in [1.165, 1.54) is 6.07 Å². The van der Waals surface area contributed by atoms with Crippen molar-refractivity contribution in [1.29, 1.82) is 0 Å². The molecule has 2 aromatic carbocycles. The molecule has 0 radical (unpaired) electrons. The van der Waals surface area contributed by atoms with Gasteiger partial charge in [0.25, 0.3) is 5.91 Å². The number of alkyl halides is 2. The van der Waals surface area contributed by atoms with E-state index in [-0.39, 0.29) is 32.6 Å². The molecule has 0 aliphatic heterocycles. The Bertz CT molecular complexity index is 1050. The van der Waals surface area contributed by atoms with Gasteiger partial charge in [-0.3, -0.25) is 9.59 Å². The molecule has 0 heterocycles. The average molecular weight is 541 g/mol. The Morgan fingerprint density at radius 2 is 1.58 bits per heavy atom. The van der Waals surface area contributed by atoms with E-state index in [0.717, 1.165) is 19.3 Å². The molecule has 2 amide bonds. The van der Waals surface area contributed by atoms with Gasteiger partial charge in [-0.15, -0.1) is 23.2 Å². The molecule has 0 saturated heterocycles. The van der Waals surface area contributed by atoms with E-state index in [0.29, 0.717) is 16.3 Å². The molecule has 2 atom stereocenters. The van der Waals surface area contributed by atoms with Gasteiger partial charge in [0.05, 0.1) is 31.6 Å². The van der Waals surface area contributed by atoms with Crippen LogP contribution in [0, 0.1) is 5.92 Å². The summed E-state index contributed by atoms with van der Waals surface area (Å²) < 4.78 is -1.33. The van der Waals surface area contributed by atoms with E-state index in [1.807, 2.05) is 0 Å². The fourth-order valence-corrected chi connectivity index (χ4v) is 5.28. The van der Waals surface area contributed by atoms with Crippen LogP contribution in [0.2, 0.25) is 20.1 Å². The normalized spacial score (nSPS) is 21.9. The smallest absolute Gasteiger partial charge is 0.253 e. The molecule has 0 spiro atoms. The van der Waals surface area contributed by atoms with E-state index in [1.54, 1.807) is 24.3 Å². The molecule has 0 unspecified atom stereocenters. The first-order valence-corrected chi connectivity index (χ1v) is 11.8. The fraction of sp³-hybridized carbons (Fsp3) is 0.333. The highest BCUT2D eigenvalue weighted by atomic mass is 35.5. The first-order valence-electron chi connectivity index (χ1n) is 9.53. The predicted molar refractivity (Wildman–Crippen MR) is 127 cm³/mol. The molecular formula is C21H16Cl6N2O2. The van der Waals surface area contributed by atoms with Crippen molar-refractivity contribution in [3.05, 3.63) is 61.5 Å². The van der Waals surface area contributed by atoms with Gasteiger partial charge in [-0.1, -0.05) is 46.4 Å². The number of halogens is 6. The lowest BCUT2D eigenvalue weighted by Gasteiger charge is -2.26. The van der Waals surface area contributed by atoms with Crippen molar-refractivity contribution in [2.45, 2.75) is 35.6 Å². The van der Waals surface area contributed by atoms with Gasteiger partial charge in [-0.05, 0) is 55.2 Å². The maximum Gasteiger partial charge on any atom is 0.253 e. The van der Waals surface area contributed by atoms with E-state index in [4.69, 9.17) is 69.6 Å². The summed E-state index contributed by atoms with van der Waals surface area (Å²) in [6.07, 6.45) is 3.00. The summed E-state index contributed by atoms with van der Waals surface area (Å²) in [7, 11) is 0. The average Bonchev–Trinajstić information content (AvgIpc) is 3.26. The molecule has 2 aliphatic carbocycles. The Morgan fingerprint density at radius 1 is 0.935 bits per heavy atom. The molecule has 2 fully saturated rings. The summed E-state index contributed by atoms with van der Waals surface area (Å²) in [6, 6.07) is 8.06. The molecule has 10 heteroatoms. The van der Waals surface area contributed by atoms with Crippen LogP contribution in [0.4, 0.5) is 5.69 Å². The van der Waals surface area contributed by atoms with Gasteiger partial charge in [0.2, 0.25) is 5.91 Å². The lowest BCUT2D eigenvalue weighted by molar-refractivity contribution is -0.117. The highest BCUT2D eigenvalue weighted by Crippen LogP contribution is 2.65. The molecule has 0 bridgehead atoms. The number of hydrogen-bond donors (Lipinski definition) is 2. The number of rotatable bonds is 5. The highest BCUT2D eigenvalue weighted by Gasteiger charge is 2.67. The molecule has 2 aromatic rings. The molecule has 4 rings (SSSR count). The van der Waals surface area contributed by atoms with E-state index in [9.17, 15) is 9.59 Å². The second-order valence-electron chi connectivity index (χ2n) is 7.71. The number of hydrogen-bond acceptors (Lipinski definition) is 2. The van der Waals surface area contributed by atoms with Crippen molar-refractivity contribution in [2.24, 2.45) is 5.92 Å². The van der Waals surface area contributed by atoms with Crippen molar-refractivity contribution < 1.29 is 9.59 Å². The topological polar surface area (TPSA) is 58.2 Å². The number of amides is 2. The Kier molecular flexibility index (Phi) is 6.62. The van der Waals surface area contributed by atoms with Gasteiger partial charge in [-0.25, -0.2) is 0 Å². The number of nitrogens with one attached hydrogen (secondary N) is 2. The standard InChI is InChI=1S/C21H16Cl6N2O2/c22-13-5-4-11(8-12(13)19(30)28-10-2-1-3-10)29-20(31)17-16(21(17,26)27)9-6-14(23)18(25)15(24)7-9/h4-8,10,16-17H,1-3H2,(H,28,30)(H,29,31)/t16-,17+/m0/s1. The van der Waals surface area contributed by atoms with Crippen molar-refractivity contribution in [3.8, 4) is 0 Å². The minimum atomic E-state index is -1.33. The van der Waals surface area contributed by atoms with Gasteiger partial charge in [-0.2, -0.15) is 0 Å². The summed E-state index contributed by atoms with van der Waals surface area (Å²) in [6.45, 7) is 0. The first-order chi connectivity index (χ1) is 14.6. The second-order valence-corrected chi connectivity index (χ2v) is 10.8. The Balaban J connectivity index is 1.50. The lowest BCUT2D eigenvalue weighted by Crippen LogP contribution is -2.39. The number of anilines is 1. The van der Waals surface area contributed by atoms with Crippen molar-refractivity contribution >= 4 is 87.1 Å². The number of carbonyl (C=O) groups is 2. The van der Waals surface area contributed by atoms with Crippen LogP contribution >= 0.6 is 69.6 Å². The molecular weight excluding hydrogens is 525 g/mol. The van der Waals surface area contributed by atoms with Gasteiger partial charge in [0.15, 0.2) is 0 Å². The van der Waals surface area contributed by atoms with E-state index in [2.05, 4.69) is 10.6 Å². The minimum absolute atomic E-state index is 0.167. The molecule has 31 heavy (non-hydrogen) atoms. The second kappa shape index (κ2) is 8.81. The quantitative estimate of drug-likeness (QED) is 0.313. The van der Waals surface area contributed by atoms with Crippen LogP contribution in [0.3, 0.4) is 0 Å². The molecule has 2 aliphatic rings. The third kappa shape index (κ3) is 4.62. The molecule has 2 saturated carbocycles. The molecule has 164 valence electrons. The maximum absolute atomic E-state index is 12.9. The zero-order valence-corrected chi connectivity index (χ0v) is 20.4. The minimum Gasteiger partial charge on any atom is -0.349 e. The van der Waals surface area contributed by atoms with Crippen LogP contribution in [0.15, 0.2) is 30.3 Å². The molecule has 0 aromatic heterocycles. The van der Waals surface area contributed by atoms with E-state index < -0.39 is 22.1 Å². The van der Waals surface area contributed by atoms with Gasteiger partial charge < -0.3 is 10.6 Å². The number of carbonyl (C=O) groups excluding carboxylic acids is 2. The van der Waals surface area contributed by atoms with Gasteiger partial charge in [0.1, 0.15) is 4.33 Å². The first kappa shape index (κ1) is 23.3. The van der Waals surface area contributed by atoms with Crippen LogP contribution in [-0.4, -0.2) is 22.2 Å². The monoisotopic (exact) mass is 538 g/mol. The van der Waals surface area contributed by atoms with Crippen LogP contribution < -0.4 is 10.6 Å². The van der Waals surface area contributed by atoms with Gasteiger partial charge >= 0.3 is 0 Å². The van der Waals surface area contributed by atoms with Crippen molar-refractivity contribution in [1.82, 2.24) is 5.32 Å². The van der Waals surface area contributed by atoms with E-state index >= 15 is 0 Å². The maximum atomic E-state index is 12.9. The lowest BCUT2D eigenvalue weighted by atomic mass is 9.93. The highest BCUT2D eigenvalue weighted by molar-refractivity contribution is 6.54. The summed E-state index contributed by atoms with van der Waals surface area (Å²) in [4.78, 5) is 25.4. The predicted octanol–water partition coefficient (Wildman–Crippen LogP) is 7.11. The summed E-state index contributed by atoms with van der Waals surface area (Å²) in [5.41, 5.74) is 1.31. The Hall–Kier alpha value is -0.880. The third-order valence-electron chi connectivity index (χ3n) is 5.62. The van der Waals surface area contributed by atoms with Crippen LogP contribution in [0.25, 0.3) is 0 Å². The molecule has 4 nitrogen and oxygen atoms in total. The summed E-state index contributed by atoms with van der Waals surface area (Å²) >= 11 is 37.2. The Labute approximate surface area is 209 Å². The van der Waals surface area contributed by atoms with Gasteiger partial charge in [0, 0.05) is 17.6 Å². The Morgan fingerprint density at radius 3 is 2.16 bits per heavy atom. The van der Waals surface area contributed by atoms with Crippen molar-refractivity contribution in [2.75, 3.05) is 5.32 Å². The van der Waals surface area contributed by atoms with Crippen LogP contribution in [-0.2, 0) is 4.79 Å². The van der Waals surface area contributed by atoms with Crippen LogP contribution in [0.1, 0.15) is 41.1 Å². The largest absolute Gasteiger partial charge is 0.349 e. The third-order valence-corrected chi connectivity index (χ3v) is 8.09. The number of benzene rings is 2. The summed E-state index contributed by atoms with van der Waals surface area (Å²) in [5.74, 6) is -1.93. The summed E-state index contributed by atoms with van der Waals surface area (Å²) in [5, 5.41) is 6.71.